The van der Waals surface area contributed by atoms with E-state index >= 15 is 0 Å². The maximum atomic E-state index is 5.31. The Morgan fingerprint density at radius 1 is 1.06 bits per heavy atom. The fourth-order valence-electron chi connectivity index (χ4n) is 3.65. The van der Waals surface area contributed by atoms with Gasteiger partial charge in [0.05, 0.1) is 0 Å². The number of aliphatic imine (C=N–C) groups is 1. The van der Waals surface area contributed by atoms with Crippen LogP contribution in [0.4, 0.5) is 0 Å². The van der Waals surface area contributed by atoms with Crippen molar-refractivity contribution in [3.8, 4) is 11.6 Å². The van der Waals surface area contributed by atoms with E-state index in [4.69, 9.17) is 4.52 Å². The Balaban J connectivity index is 0.00000306. The fraction of sp³-hybridized carbons (Fsp3) is 0.333. The zero-order valence-electron chi connectivity index (χ0n) is 19.0. The Morgan fingerprint density at radius 3 is 2.76 bits per heavy atom. The van der Waals surface area contributed by atoms with Crippen molar-refractivity contribution in [1.29, 1.82) is 0 Å². The summed E-state index contributed by atoms with van der Waals surface area (Å²) in [5.41, 5.74) is 4.58. The molecule has 1 aromatic carbocycles. The lowest BCUT2D eigenvalue weighted by Crippen LogP contribution is -2.38. The number of fused-ring (bicyclic) bond motifs is 1. The van der Waals surface area contributed by atoms with Gasteiger partial charge in [0.15, 0.2) is 11.8 Å². The van der Waals surface area contributed by atoms with Gasteiger partial charge in [0.25, 0.3) is 5.89 Å². The molecule has 0 spiro atoms. The zero-order chi connectivity index (χ0) is 22.2. The van der Waals surface area contributed by atoms with Crippen molar-refractivity contribution in [3.63, 3.8) is 0 Å². The predicted molar refractivity (Wildman–Crippen MR) is 142 cm³/mol. The van der Waals surface area contributed by atoms with Gasteiger partial charge in [-0.1, -0.05) is 36.3 Å². The van der Waals surface area contributed by atoms with Crippen LogP contribution in [0.3, 0.4) is 0 Å². The van der Waals surface area contributed by atoms with Crippen molar-refractivity contribution in [1.82, 2.24) is 30.7 Å². The highest BCUT2D eigenvalue weighted by atomic mass is 127. The molecule has 0 aliphatic heterocycles. The first kappa shape index (κ1) is 24.7. The second-order valence-corrected chi connectivity index (χ2v) is 7.43. The van der Waals surface area contributed by atoms with Crippen LogP contribution in [0.25, 0.3) is 22.5 Å². The number of nitrogens with zero attached hydrogens (tertiary/aromatic N) is 4. The van der Waals surface area contributed by atoms with Crippen LogP contribution in [0.15, 0.2) is 58.3 Å². The van der Waals surface area contributed by atoms with Crippen molar-refractivity contribution in [2.45, 2.75) is 33.1 Å². The summed E-state index contributed by atoms with van der Waals surface area (Å²) in [5, 5.41) is 12.0. The van der Waals surface area contributed by atoms with Crippen LogP contribution < -0.4 is 10.6 Å². The molecule has 0 amide bonds. The Labute approximate surface area is 210 Å². The summed E-state index contributed by atoms with van der Waals surface area (Å²) in [6.07, 6.45) is 6.35. The number of halogens is 1. The van der Waals surface area contributed by atoms with Gasteiger partial charge < -0.3 is 20.1 Å². The average molecular weight is 559 g/mol. The van der Waals surface area contributed by atoms with Crippen molar-refractivity contribution < 1.29 is 4.52 Å². The first-order valence-electron chi connectivity index (χ1n) is 11.1. The molecule has 3 aromatic heterocycles. The molecule has 3 heterocycles. The summed E-state index contributed by atoms with van der Waals surface area (Å²) in [4.78, 5) is 16.7. The number of nitrogens with one attached hydrogen (secondary N) is 3. The molecule has 174 valence electrons. The van der Waals surface area contributed by atoms with Gasteiger partial charge >= 0.3 is 0 Å². The third-order valence-corrected chi connectivity index (χ3v) is 5.26. The summed E-state index contributed by atoms with van der Waals surface area (Å²) in [5.74, 6) is 1.84. The predicted octanol–water partition coefficient (Wildman–Crippen LogP) is 4.13. The van der Waals surface area contributed by atoms with E-state index < -0.39 is 0 Å². The molecule has 0 fully saturated rings. The molecule has 33 heavy (non-hydrogen) atoms. The third kappa shape index (κ3) is 6.31. The number of rotatable bonds is 9. The number of hydrogen-bond donors (Lipinski definition) is 3. The first-order valence-corrected chi connectivity index (χ1v) is 11.1. The monoisotopic (exact) mass is 559 g/mol. The van der Waals surface area contributed by atoms with Gasteiger partial charge in [-0.3, -0.25) is 9.98 Å². The summed E-state index contributed by atoms with van der Waals surface area (Å²) < 4.78 is 5.31. The van der Waals surface area contributed by atoms with Gasteiger partial charge in [-0.15, -0.1) is 24.0 Å². The molecule has 0 aliphatic rings. The van der Waals surface area contributed by atoms with Crippen LogP contribution >= 0.6 is 24.0 Å². The summed E-state index contributed by atoms with van der Waals surface area (Å²) in [6.45, 7) is 6.39. The quantitative estimate of drug-likeness (QED) is 0.162. The average Bonchev–Trinajstić information content (AvgIpc) is 3.47. The smallest absolute Gasteiger partial charge is 0.276 e. The molecule has 0 aliphatic carbocycles. The van der Waals surface area contributed by atoms with E-state index in [1.165, 1.54) is 22.0 Å². The number of benzene rings is 1. The maximum absolute atomic E-state index is 5.31. The van der Waals surface area contributed by atoms with E-state index in [2.05, 4.69) is 74.0 Å². The van der Waals surface area contributed by atoms with Gasteiger partial charge in [0, 0.05) is 49.4 Å². The zero-order valence-corrected chi connectivity index (χ0v) is 21.3. The summed E-state index contributed by atoms with van der Waals surface area (Å²) >= 11 is 0. The standard InChI is InChI=1S/C24H29N7O.HI/c1-3-17-8-7-9-19-18(16-29-22(17)19)11-14-27-24(25-4-2)28-15-12-21-30-23(32-31-21)20-10-5-6-13-26-20;/h5-10,13,16,29H,3-4,11-12,14-15H2,1-2H3,(H2,25,27,28);1H. The SMILES string of the molecule is CCNC(=NCCc1noc(-c2ccccn2)n1)NCCc1c[nH]c2c(CC)cccc12.I. The van der Waals surface area contributed by atoms with E-state index in [9.17, 15) is 0 Å². The van der Waals surface area contributed by atoms with Crippen LogP contribution in [-0.2, 0) is 19.3 Å². The van der Waals surface area contributed by atoms with Crippen LogP contribution in [0.1, 0.15) is 30.8 Å². The molecule has 8 nitrogen and oxygen atoms in total. The molecule has 0 saturated carbocycles. The number of guanidine groups is 1. The van der Waals surface area contributed by atoms with Crippen LogP contribution in [-0.4, -0.2) is 45.7 Å². The molecular formula is C24H30IN7O. The Kier molecular flexibility index (Phi) is 9.23. The molecule has 0 atom stereocenters. The molecule has 9 heteroatoms. The Hall–Kier alpha value is -2.95. The van der Waals surface area contributed by atoms with Crippen molar-refractivity contribution >= 4 is 40.8 Å². The minimum absolute atomic E-state index is 0. The van der Waals surface area contributed by atoms with Gasteiger partial charge in [-0.2, -0.15) is 4.98 Å². The number of hydrogen-bond acceptors (Lipinski definition) is 5. The minimum atomic E-state index is 0. The molecule has 0 bridgehead atoms. The van der Waals surface area contributed by atoms with Gasteiger partial charge in [-0.25, -0.2) is 0 Å². The number of H-pyrrole nitrogens is 1. The fourth-order valence-corrected chi connectivity index (χ4v) is 3.65. The van der Waals surface area contributed by atoms with Crippen LogP contribution in [0.2, 0.25) is 0 Å². The number of para-hydroxylation sites is 1. The lowest BCUT2D eigenvalue weighted by atomic mass is 10.1. The first-order chi connectivity index (χ1) is 15.8. The number of aryl methyl sites for hydroxylation is 1. The number of aromatic amines is 1. The van der Waals surface area contributed by atoms with Crippen LogP contribution in [0.5, 0.6) is 0 Å². The van der Waals surface area contributed by atoms with Crippen LogP contribution in [0, 0.1) is 0 Å². The summed E-state index contributed by atoms with van der Waals surface area (Å²) in [7, 11) is 0. The van der Waals surface area contributed by atoms with E-state index in [0.717, 1.165) is 31.9 Å². The molecular weight excluding hydrogens is 529 g/mol. The minimum Gasteiger partial charge on any atom is -0.361 e. The van der Waals surface area contributed by atoms with Crippen molar-refractivity contribution in [2.24, 2.45) is 4.99 Å². The topological polar surface area (TPSA) is 104 Å². The Morgan fingerprint density at radius 2 is 1.97 bits per heavy atom. The highest BCUT2D eigenvalue weighted by Crippen LogP contribution is 2.22. The van der Waals surface area contributed by atoms with Crippen molar-refractivity contribution in [3.05, 3.63) is 65.7 Å². The molecule has 0 unspecified atom stereocenters. The van der Waals surface area contributed by atoms with Gasteiger partial charge in [0.2, 0.25) is 0 Å². The lowest BCUT2D eigenvalue weighted by Gasteiger charge is -2.11. The normalized spacial score (nSPS) is 11.4. The molecule has 4 aromatic rings. The van der Waals surface area contributed by atoms with E-state index in [-0.39, 0.29) is 24.0 Å². The number of aromatic nitrogens is 4. The molecule has 4 rings (SSSR count). The highest BCUT2D eigenvalue weighted by molar-refractivity contribution is 14.0. The molecule has 0 saturated heterocycles. The lowest BCUT2D eigenvalue weighted by molar-refractivity contribution is 0.421. The largest absolute Gasteiger partial charge is 0.361 e. The highest BCUT2D eigenvalue weighted by Gasteiger charge is 2.10. The second kappa shape index (κ2) is 12.3. The van der Waals surface area contributed by atoms with E-state index in [0.29, 0.717) is 30.4 Å². The number of pyridine rings is 1. The molecule has 3 N–H and O–H groups in total. The molecule has 0 radical (unpaired) electrons. The maximum Gasteiger partial charge on any atom is 0.276 e. The van der Waals surface area contributed by atoms with E-state index in [1.54, 1.807) is 6.20 Å². The van der Waals surface area contributed by atoms with Gasteiger partial charge in [-0.05, 0) is 43.0 Å². The third-order valence-electron chi connectivity index (χ3n) is 5.26. The second-order valence-electron chi connectivity index (χ2n) is 7.43. The Bertz CT molecular complexity index is 1170. The summed E-state index contributed by atoms with van der Waals surface area (Å²) in [6, 6.07) is 12.1. The van der Waals surface area contributed by atoms with Crippen molar-refractivity contribution in [2.75, 3.05) is 19.6 Å². The van der Waals surface area contributed by atoms with E-state index in [1.807, 2.05) is 18.2 Å². The van der Waals surface area contributed by atoms with Gasteiger partial charge in [0.1, 0.15) is 5.69 Å².